The number of aryl methyl sites for hydroxylation is 1. The summed E-state index contributed by atoms with van der Waals surface area (Å²) in [7, 11) is 0. The molecular weight excluding hydrogens is 238 g/mol. The first-order valence-corrected chi connectivity index (χ1v) is 6.09. The third-order valence-electron chi connectivity index (χ3n) is 3.09. The molecule has 0 aliphatic heterocycles. The molecule has 0 spiro atoms. The van der Waals surface area contributed by atoms with E-state index in [1.165, 1.54) is 6.08 Å². The standard InChI is InChI=1S/C16H15NO2/c1-10-6-4-5-7-13(10)16(19)17-14-8-12(3)15(18)9-11(14)2/h4-9H,1-3H3. The summed E-state index contributed by atoms with van der Waals surface area (Å²) < 4.78 is 0. The maximum absolute atomic E-state index is 12.1. The molecule has 0 unspecified atom stereocenters. The topological polar surface area (TPSA) is 46.5 Å². The molecule has 0 N–H and O–H groups in total. The first-order valence-electron chi connectivity index (χ1n) is 6.09. The van der Waals surface area contributed by atoms with Gasteiger partial charge in [0.1, 0.15) is 0 Å². The van der Waals surface area contributed by atoms with Gasteiger partial charge in [-0.3, -0.25) is 9.59 Å². The zero-order valence-corrected chi connectivity index (χ0v) is 11.2. The van der Waals surface area contributed by atoms with E-state index < -0.39 is 0 Å². The number of aliphatic imine (C=N–C) groups is 1. The molecule has 0 saturated heterocycles. The lowest BCUT2D eigenvalue weighted by molar-refractivity contribution is -0.111. The van der Waals surface area contributed by atoms with E-state index in [4.69, 9.17) is 0 Å². The largest absolute Gasteiger partial charge is 0.290 e. The van der Waals surface area contributed by atoms with E-state index in [0.29, 0.717) is 16.8 Å². The van der Waals surface area contributed by atoms with E-state index in [2.05, 4.69) is 4.99 Å². The Balaban J connectivity index is 2.37. The Bertz CT molecular complexity index is 648. The molecule has 1 aliphatic carbocycles. The maximum Gasteiger partial charge on any atom is 0.277 e. The normalized spacial score (nSPS) is 17.2. The van der Waals surface area contributed by atoms with Crippen molar-refractivity contribution < 1.29 is 9.59 Å². The summed E-state index contributed by atoms with van der Waals surface area (Å²) in [5, 5.41) is 0. The molecule has 2 rings (SSSR count). The molecule has 1 amide bonds. The van der Waals surface area contributed by atoms with Crippen LogP contribution in [0.3, 0.4) is 0 Å². The summed E-state index contributed by atoms with van der Waals surface area (Å²) in [4.78, 5) is 27.7. The zero-order valence-electron chi connectivity index (χ0n) is 11.2. The van der Waals surface area contributed by atoms with Crippen molar-refractivity contribution in [1.29, 1.82) is 0 Å². The second-order valence-electron chi connectivity index (χ2n) is 4.64. The molecule has 96 valence electrons. The van der Waals surface area contributed by atoms with Crippen LogP contribution in [-0.4, -0.2) is 17.4 Å². The van der Waals surface area contributed by atoms with Gasteiger partial charge in [0.05, 0.1) is 5.71 Å². The molecule has 1 aromatic rings. The van der Waals surface area contributed by atoms with Crippen molar-refractivity contribution in [3.63, 3.8) is 0 Å². The van der Waals surface area contributed by atoms with Gasteiger partial charge in [-0.25, -0.2) is 4.99 Å². The van der Waals surface area contributed by atoms with Crippen LogP contribution in [0.2, 0.25) is 0 Å². The summed E-state index contributed by atoms with van der Waals surface area (Å²) in [6.07, 6.45) is 3.17. The average Bonchev–Trinajstić information content (AvgIpc) is 2.36. The number of carbonyl (C=O) groups is 2. The van der Waals surface area contributed by atoms with Gasteiger partial charge >= 0.3 is 0 Å². The predicted octanol–water partition coefficient (Wildman–Crippen LogP) is 3.05. The molecule has 1 aromatic carbocycles. The minimum Gasteiger partial charge on any atom is -0.290 e. The second kappa shape index (κ2) is 5.14. The van der Waals surface area contributed by atoms with Crippen LogP contribution in [0.1, 0.15) is 29.8 Å². The minimum atomic E-state index is -0.278. The highest BCUT2D eigenvalue weighted by atomic mass is 16.1. The Morgan fingerprint density at radius 3 is 2.37 bits per heavy atom. The van der Waals surface area contributed by atoms with Crippen LogP contribution < -0.4 is 0 Å². The van der Waals surface area contributed by atoms with Crippen LogP contribution in [0, 0.1) is 6.92 Å². The van der Waals surface area contributed by atoms with Crippen molar-refractivity contribution >= 4 is 17.4 Å². The highest BCUT2D eigenvalue weighted by molar-refractivity contribution is 6.24. The number of ketones is 1. The van der Waals surface area contributed by atoms with Crippen LogP contribution in [0.4, 0.5) is 0 Å². The van der Waals surface area contributed by atoms with Crippen molar-refractivity contribution in [3.05, 3.63) is 58.7 Å². The Labute approximate surface area is 112 Å². The van der Waals surface area contributed by atoms with Gasteiger partial charge in [0, 0.05) is 5.56 Å². The number of nitrogens with zero attached hydrogens (tertiary/aromatic N) is 1. The van der Waals surface area contributed by atoms with Crippen molar-refractivity contribution in [1.82, 2.24) is 0 Å². The lowest BCUT2D eigenvalue weighted by atomic mass is 9.98. The van der Waals surface area contributed by atoms with Gasteiger partial charge < -0.3 is 0 Å². The molecular formula is C16H15NO2. The SMILES string of the molecule is CC1=CC(=NC(=O)c2ccccc2C)C(C)=CC1=O. The van der Waals surface area contributed by atoms with Crippen molar-refractivity contribution in [3.8, 4) is 0 Å². The highest BCUT2D eigenvalue weighted by Gasteiger charge is 2.15. The summed E-state index contributed by atoms with van der Waals surface area (Å²) >= 11 is 0. The zero-order chi connectivity index (χ0) is 14.0. The lowest BCUT2D eigenvalue weighted by Gasteiger charge is -2.09. The Morgan fingerprint density at radius 2 is 1.68 bits per heavy atom. The fourth-order valence-corrected chi connectivity index (χ4v) is 1.88. The third kappa shape index (κ3) is 2.76. The van der Waals surface area contributed by atoms with E-state index >= 15 is 0 Å². The van der Waals surface area contributed by atoms with Crippen LogP contribution in [-0.2, 0) is 4.79 Å². The number of rotatable bonds is 1. The summed E-state index contributed by atoms with van der Waals surface area (Å²) in [6, 6.07) is 7.33. The number of allylic oxidation sites excluding steroid dienone is 4. The Kier molecular flexibility index (Phi) is 3.56. The molecule has 3 nitrogen and oxygen atoms in total. The molecule has 0 fully saturated rings. The van der Waals surface area contributed by atoms with Crippen LogP contribution in [0.15, 0.2) is 52.6 Å². The molecule has 0 heterocycles. The second-order valence-corrected chi connectivity index (χ2v) is 4.64. The van der Waals surface area contributed by atoms with Gasteiger partial charge in [0.2, 0.25) is 0 Å². The van der Waals surface area contributed by atoms with Crippen LogP contribution >= 0.6 is 0 Å². The van der Waals surface area contributed by atoms with Gasteiger partial charge in [0.15, 0.2) is 5.78 Å². The number of carbonyl (C=O) groups excluding carboxylic acids is 2. The number of hydrogen-bond acceptors (Lipinski definition) is 2. The van der Waals surface area contributed by atoms with Gasteiger partial charge in [0.25, 0.3) is 5.91 Å². The number of hydrogen-bond donors (Lipinski definition) is 0. The van der Waals surface area contributed by atoms with E-state index in [0.717, 1.165) is 11.1 Å². The molecule has 0 bridgehead atoms. The van der Waals surface area contributed by atoms with Gasteiger partial charge in [-0.1, -0.05) is 18.2 Å². The van der Waals surface area contributed by atoms with Gasteiger partial charge in [-0.05, 0) is 55.7 Å². The minimum absolute atomic E-state index is 0.0280. The Morgan fingerprint density at radius 1 is 1.00 bits per heavy atom. The molecule has 0 atom stereocenters. The van der Waals surface area contributed by atoms with Crippen molar-refractivity contribution in [2.24, 2.45) is 4.99 Å². The lowest BCUT2D eigenvalue weighted by Crippen LogP contribution is -2.12. The fraction of sp³-hybridized carbons (Fsp3) is 0.188. The first kappa shape index (κ1) is 13.1. The first-order chi connectivity index (χ1) is 8.99. The third-order valence-corrected chi connectivity index (χ3v) is 3.09. The fourth-order valence-electron chi connectivity index (χ4n) is 1.88. The smallest absolute Gasteiger partial charge is 0.277 e. The van der Waals surface area contributed by atoms with Crippen molar-refractivity contribution in [2.75, 3.05) is 0 Å². The quantitative estimate of drug-likeness (QED) is 0.722. The molecule has 3 heteroatoms. The van der Waals surface area contributed by atoms with E-state index in [1.807, 2.05) is 25.1 Å². The van der Waals surface area contributed by atoms with Crippen LogP contribution in [0.25, 0.3) is 0 Å². The summed E-state index contributed by atoms with van der Waals surface area (Å²) in [5.41, 5.74) is 3.36. The average molecular weight is 253 g/mol. The number of benzene rings is 1. The predicted molar refractivity (Wildman–Crippen MR) is 75.5 cm³/mol. The highest BCUT2D eigenvalue weighted by Crippen LogP contribution is 2.14. The summed E-state index contributed by atoms with van der Waals surface area (Å²) in [6.45, 7) is 5.38. The monoisotopic (exact) mass is 253 g/mol. The Hall–Kier alpha value is -2.29. The number of amides is 1. The van der Waals surface area contributed by atoms with E-state index in [1.54, 1.807) is 26.0 Å². The van der Waals surface area contributed by atoms with E-state index in [9.17, 15) is 9.59 Å². The maximum atomic E-state index is 12.1. The molecule has 0 saturated carbocycles. The van der Waals surface area contributed by atoms with Gasteiger partial charge in [-0.2, -0.15) is 0 Å². The summed E-state index contributed by atoms with van der Waals surface area (Å²) in [5.74, 6) is -0.306. The molecule has 19 heavy (non-hydrogen) atoms. The molecule has 1 aliphatic rings. The molecule has 0 radical (unpaired) electrons. The van der Waals surface area contributed by atoms with Crippen LogP contribution in [0.5, 0.6) is 0 Å². The molecule has 0 aromatic heterocycles. The van der Waals surface area contributed by atoms with E-state index in [-0.39, 0.29) is 11.7 Å². The van der Waals surface area contributed by atoms with Gasteiger partial charge in [-0.15, -0.1) is 0 Å². The van der Waals surface area contributed by atoms with Crippen molar-refractivity contribution in [2.45, 2.75) is 20.8 Å².